The minimum atomic E-state index is -0.172. The summed E-state index contributed by atoms with van der Waals surface area (Å²) in [6.45, 7) is 9.49. The molecule has 1 aliphatic carbocycles. The highest BCUT2D eigenvalue weighted by atomic mass is 16.5. The van der Waals surface area contributed by atoms with E-state index < -0.39 is 0 Å². The molecule has 1 aliphatic heterocycles. The van der Waals surface area contributed by atoms with E-state index in [1.807, 2.05) is 31.2 Å². The molecule has 4 rings (SSSR count). The highest BCUT2D eigenvalue weighted by Crippen LogP contribution is 2.36. The zero-order valence-electron chi connectivity index (χ0n) is 19.4. The third-order valence-corrected chi connectivity index (χ3v) is 6.57. The van der Waals surface area contributed by atoms with Crippen molar-refractivity contribution in [3.63, 3.8) is 0 Å². The number of hydrogen-bond donors (Lipinski definition) is 2. The molecule has 2 heterocycles. The fourth-order valence-corrected chi connectivity index (χ4v) is 4.91. The largest absolute Gasteiger partial charge is 0.497 e. The molecule has 2 aliphatic rings. The number of methoxy groups -OCH3 is 1. The van der Waals surface area contributed by atoms with Gasteiger partial charge in [0.15, 0.2) is 5.78 Å². The molecule has 1 aromatic heterocycles. The number of nitrogens with zero attached hydrogens (tertiary/aromatic N) is 1. The van der Waals surface area contributed by atoms with E-state index in [1.165, 1.54) is 0 Å². The predicted molar refractivity (Wildman–Crippen MR) is 122 cm³/mol. The number of ether oxygens (including phenoxy) is 2. The van der Waals surface area contributed by atoms with Gasteiger partial charge in [-0.3, -0.25) is 14.5 Å². The molecule has 1 saturated heterocycles. The molecule has 1 fully saturated rings. The van der Waals surface area contributed by atoms with Crippen molar-refractivity contribution in [2.45, 2.75) is 39.7 Å². The molecule has 7 heteroatoms. The second kappa shape index (κ2) is 9.08. The van der Waals surface area contributed by atoms with Crippen LogP contribution < -0.4 is 10.1 Å². The summed E-state index contributed by atoms with van der Waals surface area (Å²) >= 11 is 0. The molecule has 7 nitrogen and oxygen atoms in total. The first kappa shape index (κ1) is 22.6. The van der Waals surface area contributed by atoms with Crippen molar-refractivity contribution >= 4 is 11.7 Å². The van der Waals surface area contributed by atoms with Gasteiger partial charge in [-0.1, -0.05) is 26.0 Å². The van der Waals surface area contributed by atoms with Gasteiger partial charge in [0.1, 0.15) is 11.4 Å². The summed E-state index contributed by atoms with van der Waals surface area (Å²) in [6, 6.07) is 8.01. The molecule has 0 saturated carbocycles. The number of benzene rings is 1. The van der Waals surface area contributed by atoms with Crippen LogP contribution in [0.5, 0.6) is 5.75 Å². The lowest BCUT2D eigenvalue weighted by Gasteiger charge is -2.35. The van der Waals surface area contributed by atoms with E-state index in [0.717, 1.165) is 42.1 Å². The first-order chi connectivity index (χ1) is 15.3. The standard InChI is InChI=1S/C25H33N3O4/c1-16-22-19(13-25(2,3)14-21(22)29)27-23(16)24(30)26-15-20(28-9-11-32-12-10-28)17-5-7-18(31-4)8-6-17/h5-8,20,27H,9-15H2,1-4H3,(H,26,30). The van der Waals surface area contributed by atoms with Crippen LogP contribution in [0.1, 0.15) is 64.0 Å². The maximum absolute atomic E-state index is 13.2. The van der Waals surface area contributed by atoms with Crippen molar-refractivity contribution in [2.24, 2.45) is 5.41 Å². The summed E-state index contributed by atoms with van der Waals surface area (Å²) in [6.07, 6.45) is 1.28. The van der Waals surface area contributed by atoms with E-state index in [2.05, 4.69) is 29.0 Å². The molecular weight excluding hydrogens is 406 g/mol. The first-order valence-electron chi connectivity index (χ1n) is 11.3. The number of rotatable bonds is 6. The van der Waals surface area contributed by atoms with Crippen molar-refractivity contribution < 1.29 is 19.1 Å². The number of Topliss-reactive ketones (excluding diaryl/α,β-unsaturated/α-hetero) is 1. The normalized spacial score (nSPS) is 19.3. The van der Waals surface area contributed by atoms with Gasteiger partial charge in [-0.05, 0) is 42.0 Å². The lowest BCUT2D eigenvalue weighted by Crippen LogP contribution is -2.44. The molecule has 0 spiro atoms. The van der Waals surface area contributed by atoms with E-state index >= 15 is 0 Å². The number of amides is 1. The van der Waals surface area contributed by atoms with Gasteiger partial charge in [0.05, 0.1) is 26.4 Å². The van der Waals surface area contributed by atoms with Crippen LogP contribution >= 0.6 is 0 Å². The average molecular weight is 440 g/mol. The van der Waals surface area contributed by atoms with Gasteiger partial charge >= 0.3 is 0 Å². The zero-order chi connectivity index (χ0) is 22.9. The van der Waals surface area contributed by atoms with E-state index in [9.17, 15) is 9.59 Å². The SMILES string of the molecule is COc1ccc(C(CNC(=O)c2[nH]c3c(c2C)C(=O)CC(C)(C)C3)N2CCOCC2)cc1. The highest BCUT2D eigenvalue weighted by Gasteiger charge is 2.35. The number of hydrogen-bond acceptors (Lipinski definition) is 5. The van der Waals surface area contributed by atoms with Gasteiger partial charge in [0, 0.05) is 37.3 Å². The van der Waals surface area contributed by atoms with Crippen LogP contribution in [0.4, 0.5) is 0 Å². The Labute approximate surface area is 189 Å². The van der Waals surface area contributed by atoms with Gasteiger partial charge < -0.3 is 19.8 Å². The van der Waals surface area contributed by atoms with Gasteiger partial charge in [0.2, 0.25) is 0 Å². The third kappa shape index (κ3) is 4.59. The summed E-state index contributed by atoms with van der Waals surface area (Å²) in [5.74, 6) is 0.751. The van der Waals surface area contributed by atoms with E-state index in [4.69, 9.17) is 9.47 Å². The zero-order valence-corrected chi connectivity index (χ0v) is 19.4. The highest BCUT2D eigenvalue weighted by molar-refractivity contribution is 6.04. The molecule has 172 valence electrons. The van der Waals surface area contributed by atoms with Crippen molar-refractivity contribution in [1.82, 2.24) is 15.2 Å². The fraction of sp³-hybridized carbons (Fsp3) is 0.520. The minimum absolute atomic E-state index is 0.0271. The number of H-pyrrole nitrogens is 1. The fourth-order valence-electron chi connectivity index (χ4n) is 4.91. The minimum Gasteiger partial charge on any atom is -0.497 e. The number of aromatic nitrogens is 1. The Morgan fingerprint density at radius 3 is 2.56 bits per heavy atom. The lowest BCUT2D eigenvalue weighted by atomic mass is 9.75. The molecule has 1 amide bonds. The van der Waals surface area contributed by atoms with Crippen LogP contribution in [0.25, 0.3) is 0 Å². The summed E-state index contributed by atoms with van der Waals surface area (Å²) in [4.78, 5) is 31.4. The van der Waals surface area contributed by atoms with Crippen molar-refractivity contribution in [1.29, 1.82) is 0 Å². The van der Waals surface area contributed by atoms with Crippen molar-refractivity contribution in [3.8, 4) is 5.75 Å². The Bertz CT molecular complexity index is 987. The van der Waals surface area contributed by atoms with Crippen molar-refractivity contribution in [2.75, 3.05) is 40.0 Å². The topological polar surface area (TPSA) is 83.7 Å². The smallest absolute Gasteiger partial charge is 0.268 e. The number of fused-ring (bicyclic) bond motifs is 1. The molecule has 2 aromatic rings. The van der Waals surface area contributed by atoms with Gasteiger partial charge in [-0.25, -0.2) is 0 Å². The van der Waals surface area contributed by atoms with Crippen LogP contribution in [0.3, 0.4) is 0 Å². The van der Waals surface area contributed by atoms with Crippen LogP contribution in [0.15, 0.2) is 24.3 Å². The van der Waals surface area contributed by atoms with Crippen LogP contribution in [0.2, 0.25) is 0 Å². The van der Waals surface area contributed by atoms with Gasteiger partial charge in [-0.15, -0.1) is 0 Å². The van der Waals surface area contributed by atoms with E-state index in [1.54, 1.807) is 7.11 Å². The maximum Gasteiger partial charge on any atom is 0.268 e. The molecule has 2 N–H and O–H groups in total. The Balaban J connectivity index is 1.53. The van der Waals surface area contributed by atoms with Gasteiger partial charge in [0.25, 0.3) is 5.91 Å². The van der Waals surface area contributed by atoms with E-state index in [0.29, 0.717) is 37.4 Å². The summed E-state index contributed by atoms with van der Waals surface area (Å²) in [5.41, 5.74) is 3.86. The van der Waals surface area contributed by atoms with E-state index in [-0.39, 0.29) is 23.1 Å². The summed E-state index contributed by atoms with van der Waals surface area (Å²) in [7, 11) is 1.65. The molecule has 1 aromatic carbocycles. The second-order valence-corrected chi connectivity index (χ2v) is 9.57. The Morgan fingerprint density at radius 1 is 1.22 bits per heavy atom. The maximum atomic E-state index is 13.2. The Kier molecular flexibility index (Phi) is 6.40. The third-order valence-electron chi connectivity index (χ3n) is 6.57. The van der Waals surface area contributed by atoms with Crippen LogP contribution in [-0.2, 0) is 11.2 Å². The molecule has 0 radical (unpaired) electrons. The number of ketones is 1. The van der Waals surface area contributed by atoms with Crippen molar-refractivity contribution in [3.05, 3.63) is 52.3 Å². The lowest BCUT2D eigenvalue weighted by molar-refractivity contribution is 0.0162. The van der Waals surface area contributed by atoms with Gasteiger partial charge in [-0.2, -0.15) is 0 Å². The molecular formula is C25H33N3O4. The monoisotopic (exact) mass is 439 g/mol. The summed E-state index contributed by atoms with van der Waals surface area (Å²) < 4.78 is 10.8. The first-order valence-corrected chi connectivity index (χ1v) is 11.3. The molecule has 32 heavy (non-hydrogen) atoms. The number of carbonyl (C=O) groups is 2. The van der Waals surface area contributed by atoms with Crippen LogP contribution in [0, 0.1) is 12.3 Å². The van der Waals surface area contributed by atoms with Crippen LogP contribution in [-0.4, -0.2) is 61.5 Å². The number of carbonyl (C=O) groups excluding carboxylic acids is 2. The number of nitrogens with one attached hydrogen (secondary N) is 2. The average Bonchev–Trinajstić information content (AvgIpc) is 3.10. The molecule has 0 bridgehead atoms. The molecule has 1 atom stereocenters. The Morgan fingerprint density at radius 2 is 1.91 bits per heavy atom. The number of aromatic amines is 1. The summed E-state index contributed by atoms with van der Waals surface area (Å²) in [5, 5.41) is 3.11. The second-order valence-electron chi connectivity index (χ2n) is 9.57. The number of morpholine rings is 1. The predicted octanol–water partition coefficient (Wildman–Crippen LogP) is 3.29. The molecule has 1 unspecified atom stereocenters. The Hall–Kier alpha value is -2.64. The quantitative estimate of drug-likeness (QED) is 0.722.